The van der Waals surface area contributed by atoms with Gasteiger partial charge in [0.2, 0.25) is 23.2 Å². The van der Waals surface area contributed by atoms with Crippen LogP contribution in [0.3, 0.4) is 0 Å². The first-order valence-corrected chi connectivity index (χ1v) is 11.1. The molecule has 0 aliphatic rings. The lowest BCUT2D eigenvalue weighted by Gasteiger charge is -2.24. The van der Waals surface area contributed by atoms with Crippen molar-refractivity contribution in [3.63, 3.8) is 0 Å². The summed E-state index contributed by atoms with van der Waals surface area (Å²) in [4.78, 5) is 21.1. The number of rotatable bonds is 11. The van der Waals surface area contributed by atoms with Gasteiger partial charge in [0.05, 0.1) is 18.8 Å². The highest BCUT2D eigenvalue weighted by molar-refractivity contribution is 5.93. The van der Waals surface area contributed by atoms with Crippen molar-refractivity contribution >= 4 is 40.3 Å². The summed E-state index contributed by atoms with van der Waals surface area (Å²) in [6.07, 6.45) is 3.88. The molecule has 0 radical (unpaired) electrons. The van der Waals surface area contributed by atoms with Gasteiger partial charge in [0, 0.05) is 31.8 Å². The summed E-state index contributed by atoms with van der Waals surface area (Å²) in [6.45, 7) is 25.1. The molecule has 1 amide bonds. The van der Waals surface area contributed by atoms with Crippen LogP contribution in [0.1, 0.15) is 53.4 Å². The molecule has 8 nitrogen and oxygen atoms in total. The van der Waals surface area contributed by atoms with Gasteiger partial charge in [-0.2, -0.15) is 0 Å². The molecule has 0 fully saturated rings. The summed E-state index contributed by atoms with van der Waals surface area (Å²) in [5.74, 6) is 0.564. The van der Waals surface area contributed by atoms with Gasteiger partial charge in [-0.3, -0.25) is 9.36 Å². The van der Waals surface area contributed by atoms with E-state index in [9.17, 15) is 4.79 Å². The molecular weight excluding hydrogens is 402 g/mol. The Morgan fingerprint density at radius 2 is 1.78 bits per heavy atom. The molecule has 0 saturated carbocycles. The molecule has 0 aliphatic carbocycles. The van der Waals surface area contributed by atoms with Gasteiger partial charge < -0.3 is 15.1 Å². The summed E-state index contributed by atoms with van der Waals surface area (Å²) in [7, 11) is 0. The van der Waals surface area contributed by atoms with E-state index in [4.69, 9.17) is 13.1 Å². The maximum Gasteiger partial charge on any atom is 0.236 e. The minimum atomic E-state index is -0.187. The molecule has 1 N–H and O–H groups in total. The van der Waals surface area contributed by atoms with Crippen LogP contribution in [-0.4, -0.2) is 23.6 Å². The third-order valence-electron chi connectivity index (χ3n) is 4.89. The van der Waals surface area contributed by atoms with Crippen LogP contribution >= 0.6 is 0 Å². The zero-order valence-electron chi connectivity index (χ0n) is 19.4. The molecule has 1 aromatic heterocycles. The SMILES string of the molecule is [C-]#[N+]c1cc(N=Nc2ccc(N(CCC)CCC)cc2NC(C)=O)n(CCCC)c1[N+]#[C-]. The van der Waals surface area contributed by atoms with Crippen molar-refractivity contribution in [1.29, 1.82) is 0 Å². The van der Waals surface area contributed by atoms with Crippen LogP contribution < -0.4 is 10.2 Å². The lowest BCUT2D eigenvalue weighted by Crippen LogP contribution is -2.24. The third-order valence-corrected chi connectivity index (χ3v) is 4.89. The fourth-order valence-electron chi connectivity index (χ4n) is 3.44. The summed E-state index contributed by atoms with van der Waals surface area (Å²) < 4.78 is 1.74. The van der Waals surface area contributed by atoms with Gasteiger partial charge in [-0.15, -0.1) is 10.2 Å². The normalized spacial score (nSPS) is 10.7. The summed E-state index contributed by atoms with van der Waals surface area (Å²) in [6, 6.07) is 7.34. The van der Waals surface area contributed by atoms with E-state index in [2.05, 4.69) is 50.9 Å². The number of hydrogen-bond acceptors (Lipinski definition) is 4. The molecule has 0 bridgehead atoms. The van der Waals surface area contributed by atoms with Crippen LogP contribution in [0.2, 0.25) is 0 Å². The van der Waals surface area contributed by atoms with Crippen LogP contribution in [0.15, 0.2) is 34.5 Å². The second-order valence-electron chi connectivity index (χ2n) is 7.51. The minimum Gasteiger partial charge on any atom is -0.375 e. The molecule has 0 aliphatic heterocycles. The van der Waals surface area contributed by atoms with Gasteiger partial charge in [-0.1, -0.05) is 33.8 Å². The van der Waals surface area contributed by atoms with Crippen molar-refractivity contribution in [2.75, 3.05) is 23.3 Å². The summed E-state index contributed by atoms with van der Waals surface area (Å²) in [5, 5.41) is 11.6. The fraction of sp³-hybridized carbons (Fsp3) is 0.458. The van der Waals surface area contributed by atoms with E-state index < -0.39 is 0 Å². The topological polar surface area (TPSA) is 70.7 Å². The minimum absolute atomic E-state index is 0.187. The highest BCUT2D eigenvalue weighted by Gasteiger charge is 2.17. The molecule has 8 heteroatoms. The predicted octanol–water partition coefficient (Wildman–Crippen LogP) is 7.39. The number of aromatic nitrogens is 1. The van der Waals surface area contributed by atoms with Crippen molar-refractivity contribution in [1.82, 2.24) is 4.57 Å². The summed E-state index contributed by atoms with van der Waals surface area (Å²) >= 11 is 0. The van der Waals surface area contributed by atoms with Gasteiger partial charge in [0.15, 0.2) is 0 Å². The molecule has 0 spiro atoms. The third kappa shape index (κ3) is 6.18. The number of unbranched alkanes of at least 4 members (excludes halogenated alkanes) is 1. The molecule has 1 aromatic carbocycles. The molecule has 0 saturated heterocycles. The lowest BCUT2D eigenvalue weighted by atomic mass is 10.2. The molecule has 32 heavy (non-hydrogen) atoms. The van der Waals surface area contributed by atoms with Crippen LogP contribution in [0.5, 0.6) is 0 Å². The van der Waals surface area contributed by atoms with Crippen LogP contribution in [0, 0.1) is 13.1 Å². The van der Waals surface area contributed by atoms with E-state index in [1.807, 2.05) is 18.2 Å². The highest BCUT2D eigenvalue weighted by atomic mass is 16.1. The number of carbonyl (C=O) groups is 1. The smallest absolute Gasteiger partial charge is 0.236 e. The first kappa shape index (κ1) is 24.6. The van der Waals surface area contributed by atoms with Gasteiger partial charge in [-0.25, -0.2) is 4.85 Å². The Labute approximate surface area is 190 Å². The Hall–Kier alpha value is -3.65. The van der Waals surface area contributed by atoms with Gasteiger partial charge >= 0.3 is 0 Å². The first-order valence-electron chi connectivity index (χ1n) is 11.1. The first-order chi connectivity index (χ1) is 15.5. The largest absolute Gasteiger partial charge is 0.375 e. The number of nitrogens with one attached hydrogen (secondary N) is 1. The zero-order valence-corrected chi connectivity index (χ0v) is 19.4. The monoisotopic (exact) mass is 433 g/mol. The second kappa shape index (κ2) is 12.3. The van der Waals surface area contributed by atoms with Crippen molar-refractivity contribution in [3.8, 4) is 0 Å². The number of benzene rings is 1. The van der Waals surface area contributed by atoms with Crippen molar-refractivity contribution in [3.05, 3.63) is 47.1 Å². The maximum absolute atomic E-state index is 11.8. The van der Waals surface area contributed by atoms with E-state index in [1.54, 1.807) is 10.6 Å². The number of carbonyl (C=O) groups excluding carboxylic acids is 1. The molecule has 168 valence electrons. The molecule has 2 aromatic rings. The standard InChI is InChI=1S/C24H31N7O/c1-7-10-15-31-23(17-22(25-5)24(31)26-6)29-28-20-12-11-19(16-21(20)27-18(4)32)30(13-8-2)14-9-3/h11-12,16-17H,7-10,13-15H2,1-4H3,(H,27,32). The van der Waals surface area contributed by atoms with E-state index in [0.29, 0.717) is 23.7 Å². The lowest BCUT2D eigenvalue weighted by molar-refractivity contribution is -0.114. The fourth-order valence-corrected chi connectivity index (χ4v) is 3.44. The van der Waals surface area contributed by atoms with Gasteiger partial charge in [-0.05, 0) is 37.5 Å². The molecule has 0 unspecified atom stereocenters. The van der Waals surface area contributed by atoms with Crippen molar-refractivity contribution < 1.29 is 4.79 Å². The van der Waals surface area contributed by atoms with E-state index in [-0.39, 0.29) is 17.4 Å². The number of hydrogen-bond donors (Lipinski definition) is 1. The average Bonchev–Trinajstić information content (AvgIpc) is 3.12. The average molecular weight is 434 g/mol. The predicted molar refractivity (Wildman–Crippen MR) is 130 cm³/mol. The van der Waals surface area contributed by atoms with E-state index >= 15 is 0 Å². The molecule has 1 heterocycles. The number of amides is 1. The van der Waals surface area contributed by atoms with E-state index in [0.717, 1.165) is 44.5 Å². The molecular formula is C24H31N7O. The van der Waals surface area contributed by atoms with E-state index in [1.165, 1.54) is 6.92 Å². The van der Waals surface area contributed by atoms with Gasteiger partial charge in [0.25, 0.3) is 0 Å². The zero-order chi connectivity index (χ0) is 23.5. The number of anilines is 2. The Balaban J connectivity index is 2.47. The summed E-state index contributed by atoms with van der Waals surface area (Å²) in [5.41, 5.74) is 2.40. The number of nitrogens with zero attached hydrogens (tertiary/aromatic N) is 6. The van der Waals surface area contributed by atoms with Crippen LogP contribution in [-0.2, 0) is 11.3 Å². The Kier molecular flexibility index (Phi) is 9.43. The Bertz CT molecular complexity index is 1030. The van der Waals surface area contributed by atoms with Crippen LogP contribution in [0.4, 0.5) is 34.4 Å². The quantitative estimate of drug-likeness (QED) is 0.296. The number of azo groups is 1. The van der Waals surface area contributed by atoms with Crippen LogP contribution in [0.25, 0.3) is 9.69 Å². The Morgan fingerprint density at radius 1 is 1.06 bits per heavy atom. The maximum atomic E-state index is 11.8. The second-order valence-corrected chi connectivity index (χ2v) is 7.51. The van der Waals surface area contributed by atoms with Gasteiger partial charge in [0.1, 0.15) is 5.69 Å². The Morgan fingerprint density at radius 3 is 2.34 bits per heavy atom. The highest BCUT2D eigenvalue weighted by Crippen LogP contribution is 2.38. The van der Waals surface area contributed by atoms with Crippen molar-refractivity contribution in [2.24, 2.45) is 10.2 Å². The molecule has 0 atom stereocenters. The van der Waals surface area contributed by atoms with Crippen molar-refractivity contribution in [2.45, 2.75) is 59.9 Å². The molecule has 2 rings (SSSR count).